The van der Waals surface area contributed by atoms with Gasteiger partial charge in [0.15, 0.2) is 0 Å². The van der Waals surface area contributed by atoms with Crippen LogP contribution in [0.3, 0.4) is 0 Å². The van der Waals surface area contributed by atoms with E-state index in [0.29, 0.717) is 23.6 Å². The normalized spacial score (nSPS) is 12.6. The maximum absolute atomic E-state index is 13.2. The number of nitrogens with zero attached hydrogens (tertiary/aromatic N) is 2. The molecule has 7 nitrogen and oxygen atoms in total. The Morgan fingerprint density at radius 1 is 1.08 bits per heavy atom. The Morgan fingerprint density at radius 2 is 1.76 bits per heavy atom. The minimum Gasteiger partial charge on any atom is -0.354 e. The van der Waals surface area contributed by atoms with Gasteiger partial charge in [0.2, 0.25) is 21.8 Å². The third-order valence-electron chi connectivity index (χ3n) is 5.67. The van der Waals surface area contributed by atoms with Crippen molar-refractivity contribution in [2.45, 2.75) is 51.9 Å². The molecule has 1 unspecified atom stereocenters. The first kappa shape index (κ1) is 31.7. The number of sulfonamides is 1. The molecule has 0 heterocycles. The Bertz CT molecular complexity index is 1240. The van der Waals surface area contributed by atoms with Gasteiger partial charge in [0.1, 0.15) is 6.04 Å². The summed E-state index contributed by atoms with van der Waals surface area (Å²) >= 11 is 12.1. The number of anilines is 1. The van der Waals surface area contributed by atoms with Crippen LogP contribution in [0.2, 0.25) is 10.0 Å². The van der Waals surface area contributed by atoms with E-state index < -0.39 is 33.7 Å². The highest BCUT2D eigenvalue weighted by atomic mass is 35.5. The van der Waals surface area contributed by atoms with Crippen molar-refractivity contribution in [3.8, 4) is 0 Å². The second-order valence-electron chi connectivity index (χ2n) is 8.72. The average molecular weight is 596 g/mol. The van der Waals surface area contributed by atoms with Crippen molar-refractivity contribution in [2.75, 3.05) is 23.7 Å². The average Bonchev–Trinajstić information content (AvgIpc) is 2.84. The summed E-state index contributed by atoms with van der Waals surface area (Å²) in [5.74, 6) is -0.797. The van der Waals surface area contributed by atoms with E-state index in [1.807, 2.05) is 6.92 Å². The van der Waals surface area contributed by atoms with Crippen LogP contribution in [-0.4, -0.2) is 50.5 Å². The fourth-order valence-corrected chi connectivity index (χ4v) is 4.93. The molecule has 2 aromatic rings. The van der Waals surface area contributed by atoms with Gasteiger partial charge in [-0.15, -0.1) is 0 Å². The van der Waals surface area contributed by atoms with E-state index in [9.17, 15) is 31.2 Å². The first-order valence-corrected chi connectivity index (χ1v) is 14.4. The minimum absolute atomic E-state index is 0.00330. The van der Waals surface area contributed by atoms with E-state index in [2.05, 4.69) is 5.32 Å². The number of alkyl halides is 3. The van der Waals surface area contributed by atoms with Crippen LogP contribution in [-0.2, 0) is 32.3 Å². The maximum atomic E-state index is 13.2. The molecule has 1 atom stereocenters. The Balaban J connectivity index is 2.22. The molecule has 0 aromatic heterocycles. The fraction of sp³-hybridized carbons (Fsp3) is 0.440. The molecule has 1 N–H and O–H groups in total. The number of amides is 2. The van der Waals surface area contributed by atoms with Crippen LogP contribution >= 0.6 is 23.2 Å². The van der Waals surface area contributed by atoms with Crippen molar-refractivity contribution in [2.24, 2.45) is 0 Å². The van der Waals surface area contributed by atoms with Crippen LogP contribution < -0.4 is 9.62 Å². The summed E-state index contributed by atoms with van der Waals surface area (Å²) in [4.78, 5) is 27.2. The first-order chi connectivity index (χ1) is 17.6. The smallest absolute Gasteiger partial charge is 0.354 e. The zero-order valence-corrected chi connectivity index (χ0v) is 23.5. The maximum Gasteiger partial charge on any atom is 0.416 e. The molecular formula is C25H30Cl2F3N3O4S. The zero-order valence-electron chi connectivity index (χ0n) is 21.2. The second kappa shape index (κ2) is 13.5. The lowest BCUT2D eigenvalue weighted by Crippen LogP contribution is -2.47. The van der Waals surface area contributed by atoms with E-state index in [1.165, 1.54) is 11.0 Å². The van der Waals surface area contributed by atoms with Crippen molar-refractivity contribution >= 4 is 50.7 Å². The highest BCUT2D eigenvalue weighted by Gasteiger charge is 2.32. The van der Waals surface area contributed by atoms with Crippen LogP contribution in [0.5, 0.6) is 0 Å². The molecule has 0 saturated heterocycles. The van der Waals surface area contributed by atoms with E-state index >= 15 is 0 Å². The van der Waals surface area contributed by atoms with Crippen LogP contribution in [0.25, 0.3) is 0 Å². The quantitative estimate of drug-likeness (QED) is 0.351. The van der Waals surface area contributed by atoms with Gasteiger partial charge in [0.25, 0.3) is 0 Å². The van der Waals surface area contributed by atoms with Crippen LogP contribution in [0.1, 0.15) is 44.2 Å². The van der Waals surface area contributed by atoms with E-state index in [4.69, 9.17) is 23.2 Å². The summed E-state index contributed by atoms with van der Waals surface area (Å²) in [5, 5.41) is 3.36. The van der Waals surface area contributed by atoms with Gasteiger partial charge in [-0.2, -0.15) is 13.2 Å². The number of benzene rings is 2. The van der Waals surface area contributed by atoms with Crippen molar-refractivity contribution in [1.82, 2.24) is 10.2 Å². The lowest BCUT2D eigenvalue weighted by molar-refractivity contribution is -0.140. The molecule has 210 valence electrons. The highest BCUT2D eigenvalue weighted by molar-refractivity contribution is 7.92. The number of carbonyl (C=O) groups is 2. The third kappa shape index (κ3) is 9.06. The molecule has 2 amide bonds. The standard InChI is InChI=1S/C25H30Cl2F3N3O4S/c1-4-12-31-24(35)17(2)32(16-18-10-11-21(26)22(27)14-18)23(34)9-6-13-33(38(3,36)37)20-8-5-7-19(15-20)25(28,29)30/h5,7-8,10-11,14-15,17H,4,6,9,12-13,16H2,1-3H3,(H,31,35). The largest absolute Gasteiger partial charge is 0.416 e. The number of hydrogen-bond donors (Lipinski definition) is 1. The number of carbonyl (C=O) groups excluding carboxylic acids is 2. The highest BCUT2D eigenvalue weighted by Crippen LogP contribution is 2.32. The molecule has 0 saturated carbocycles. The van der Waals surface area contributed by atoms with Crippen molar-refractivity contribution < 1.29 is 31.2 Å². The second-order valence-corrected chi connectivity index (χ2v) is 11.4. The number of nitrogens with one attached hydrogen (secondary N) is 1. The first-order valence-electron chi connectivity index (χ1n) is 11.8. The molecule has 0 spiro atoms. The minimum atomic E-state index is -4.64. The molecule has 38 heavy (non-hydrogen) atoms. The molecule has 0 fully saturated rings. The van der Waals surface area contributed by atoms with Crippen molar-refractivity contribution in [1.29, 1.82) is 0 Å². The van der Waals surface area contributed by atoms with E-state index in [-0.39, 0.29) is 42.5 Å². The van der Waals surface area contributed by atoms with Gasteiger partial charge in [-0.3, -0.25) is 13.9 Å². The lowest BCUT2D eigenvalue weighted by atomic mass is 10.1. The van der Waals surface area contributed by atoms with Gasteiger partial charge in [-0.25, -0.2) is 8.42 Å². The molecule has 0 bridgehead atoms. The van der Waals surface area contributed by atoms with Gasteiger partial charge in [-0.1, -0.05) is 42.3 Å². The Morgan fingerprint density at radius 3 is 2.34 bits per heavy atom. The molecule has 0 aliphatic heterocycles. The molecule has 0 aliphatic carbocycles. The lowest BCUT2D eigenvalue weighted by Gasteiger charge is -2.29. The van der Waals surface area contributed by atoms with Gasteiger partial charge in [0.05, 0.1) is 27.6 Å². The molecule has 0 aliphatic rings. The Labute approximate surface area is 230 Å². The zero-order chi connectivity index (χ0) is 28.7. The van der Waals surface area contributed by atoms with Gasteiger partial charge in [-0.05, 0) is 55.7 Å². The van der Waals surface area contributed by atoms with Crippen LogP contribution in [0.4, 0.5) is 18.9 Å². The van der Waals surface area contributed by atoms with Crippen molar-refractivity contribution in [3.05, 3.63) is 63.6 Å². The van der Waals surface area contributed by atoms with Gasteiger partial charge < -0.3 is 10.2 Å². The molecule has 0 radical (unpaired) electrons. The number of rotatable bonds is 12. The van der Waals surface area contributed by atoms with Crippen LogP contribution in [0, 0.1) is 0 Å². The fourth-order valence-electron chi connectivity index (χ4n) is 3.65. The van der Waals surface area contributed by atoms with Gasteiger partial charge >= 0.3 is 6.18 Å². The van der Waals surface area contributed by atoms with Crippen LogP contribution in [0.15, 0.2) is 42.5 Å². The summed E-state index contributed by atoms with van der Waals surface area (Å²) in [5.41, 5.74) is -0.515. The Kier molecular flexibility index (Phi) is 11.3. The molecule has 2 rings (SSSR count). The van der Waals surface area contributed by atoms with Gasteiger partial charge in [0, 0.05) is 26.1 Å². The summed E-state index contributed by atoms with van der Waals surface area (Å²) in [6.07, 6.45) is -3.21. The summed E-state index contributed by atoms with van der Waals surface area (Å²) in [6.45, 7) is 3.70. The summed E-state index contributed by atoms with van der Waals surface area (Å²) < 4.78 is 65.0. The van der Waals surface area contributed by atoms with Crippen molar-refractivity contribution in [3.63, 3.8) is 0 Å². The SMILES string of the molecule is CCCNC(=O)C(C)N(Cc1ccc(Cl)c(Cl)c1)C(=O)CCCN(c1cccc(C(F)(F)F)c1)S(C)(=O)=O. The molecule has 13 heteroatoms. The topological polar surface area (TPSA) is 86.8 Å². The predicted octanol–water partition coefficient (Wildman–Crippen LogP) is 5.50. The van der Waals surface area contributed by atoms with E-state index in [0.717, 1.165) is 28.8 Å². The number of hydrogen-bond acceptors (Lipinski definition) is 4. The summed E-state index contributed by atoms with van der Waals surface area (Å²) in [7, 11) is -3.95. The Hall–Kier alpha value is -2.50. The monoisotopic (exact) mass is 595 g/mol. The van der Waals surface area contributed by atoms with E-state index in [1.54, 1.807) is 25.1 Å². The number of halogens is 5. The molecule has 2 aromatic carbocycles. The third-order valence-corrected chi connectivity index (χ3v) is 7.60. The predicted molar refractivity (Wildman–Crippen MR) is 143 cm³/mol. The summed E-state index contributed by atoms with van der Waals surface area (Å²) in [6, 6.07) is 7.95. The molecular weight excluding hydrogens is 566 g/mol.